The van der Waals surface area contributed by atoms with Crippen LogP contribution in [0.3, 0.4) is 0 Å². The number of carbonyl (C=O) groups is 1. The Morgan fingerprint density at radius 3 is 1.40 bits per heavy atom. The normalized spacial score (nSPS) is 10.6. The second-order valence-corrected chi connectivity index (χ2v) is 32.7. The molecule has 0 aliphatic rings. The van der Waals surface area contributed by atoms with Crippen LogP contribution < -0.4 is 46.7 Å². The van der Waals surface area contributed by atoms with Gasteiger partial charge >= 0.3 is 7.12 Å². The van der Waals surface area contributed by atoms with Crippen molar-refractivity contribution in [2.24, 2.45) is 5.73 Å². The number of hydrogen-bond acceptors (Lipinski definition) is 23. The van der Waals surface area contributed by atoms with Crippen LogP contribution in [0.1, 0.15) is 32.8 Å². The summed E-state index contributed by atoms with van der Waals surface area (Å²) in [7, 11) is -6.95. The number of benzene rings is 10. The fourth-order valence-corrected chi connectivity index (χ4v) is 13.0. The number of nitrogens with two attached hydrogens (primary N) is 2. The van der Waals surface area contributed by atoms with Crippen molar-refractivity contribution in [1.82, 2.24) is 29.9 Å². The zero-order valence-corrected chi connectivity index (χ0v) is 72.9. The molecule has 0 aliphatic carbocycles. The van der Waals surface area contributed by atoms with E-state index in [1.807, 2.05) is 73.7 Å². The summed E-state index contributed by atoms with van der Waals surface area (Å²) in [4.78, 5) is 36.2. The Bertz CT molecular complexity index is 6210. The Morgan fingerprint density at radius 1 is 0.533 bits per heavy atom. The van der Waals surface area contributed by atoms with Crippen molar-refractivity contribution in [3.63, 3.8) is 0 Å². The number of aryl methyl sites for hydroxylation is 1. The number of anilines is 5. The van der Waals surface area contributed by atoms with E-state index < -0.39 is 27.1 Å². The molecule has 15 aromatic rings. The van der Waals surface area contributed by atoms with Gasteiger partial charge in [0.05, 0.1) is 49.4 Å². The number of ether oxygens (including phenoxy) is 4. The smallest absolute Gasteiger partial charge is 0.487 e. The number of hydrogen-bond donors (Lipinski definition) is 7. The average Bonchev–Trinajstić information content (AvgIpc) is 1.35. The van der Waals surface area contributed by atoms with E-state index in [2.05, 4.69) is 90.5 Å². The number of nitrogen functional groups attached to an aromatic ring is 1. The molecule has 0 radical (unpaired) electrons. The molecule has 0 bridgehead atoms. The van der Waals surface area contributed by atoms with Gasteiger partial charge in [-0.3, -0.25) is 9.35 Å². The number of carbonyl (C=O) groups excluding carboxylic acids is 1. The van der Waals surface area contributed by atoms with Gasteiger partial charge in [0, 0.05) is 64.8 Å². The van der Waals surface area contributed by atoms with E-state index in [0.717, 1.165) is 67.8 Å². The molecule has 0 saturated carbocycles. The number of sulfone groups is 1. The van der Waals surface area contributed by atoms with Crippen LogP contribution in [0, 0.1) is 31.5 Å². The first-order chi connectivity index (χ1) is 56.9. The van der Waals surface area contributed by atoms with E-state index in [1.54, 1.807) is 103 Å². The van der Waals surface area contributed by atoms with E-state index in [1.165, 1.54) is 93.0 Å². The number of furan rings is 2. The van der Waals surface area contributed by atoms with Gasteiger partial charge in [-0.1, -0.05) is 100 Å². The van der Waals surface area contributed by atoms with Gasteiger partial charge in [-0.25, -0.2) is 51.5 Å². The summed E-state index contributed by atoms with van der Waals surface area (Å²) in [5.74, 6) is 3.12. The second-order valence-electron chi connectivity index (χ2n) is 24.9. The van der Waals surface area contributed by atoms with Crippen molar-refractivity contribution in [3.05, 3.63) is 322 Å². The summed E-state index contributed by atoms with van der Waals surface area (Å²) in [6, 6.07) is 64.2. The predicted molar refractivity (Wildman–Crippen MR) is 482 cm³/mol. The molecule has 0 fully saturated rings. The molecule has 622 valence electrons. The van der Waals surface area contributed by atoms with Gasteiger partial charge in [0.25, 0.3) is 16.1 Å². The largest absolute Gasteiger partial charge is 0.526 e. The van der Waals surface area contributed by atoms with Gasteiger partial charge in [-0.2, -0.15) is 8.42 Å². The highest BCUT2D eigenvalue weighted by atomic mass is 127. The molecular weight excluding hydrogens is 1920 g/mol. The minimum Gasteiger partial charge on any atom is -0.487 e. The number of halogens is 10. The van der Waals surface area contributed by atoms with Crippen molar-refractivity contribution < 1.29 is 77.2 Å². The number of nitrogens with zero attached hydrogens (tertiary/aromatic N) is 6. The van der Waals surface area contributed by atoms with Crippen LogP contribution in [-0.2, 0) is 39.8 Å². The van der Waals surface area contributed by atoms with Gasteiger partial charge < -0.3 is 59.9 Å². The van der Waals surface area contributed by atoms with Crippen LogP contribution in [0.15, 0.2) is 263 Å². The maximum absolute atomic E-state index is 13.4. The highest BCUT2D eigenvalue weighted by Crippen LogP contribution is 2.36. The van der Waals surface area contributed by atoms with Crippen LogP contribution in [0.2, 0.25) is 20.2 Å². The monoisotopic (exact) mass is 1990 g/mol. The summed E-state index contributed by atoms with van der Waals surface area (Å²) >= 11 is 29.1. The lowest BCUT2D eigenvalue weighted by atomic mass is 9.88. The molecule has 5 aromatic heterocycles. The van der Waals surface area contributed by atoms with Crippen LogP contribution >= 0.6 is 104 Å². The van der Waals surface area contributed by atoms with Gasteiger partial charge in [0.1, 0.15) is 112 Å². The molecule has 0 saturated heterocycles. The predicted octanol–water partition coefficient (Wildman–Crippen LogP) is 19.3. The third-order valence-corrected chi connectivity index (χ3v) is 20.2. The zero-order valence-electron chi connectivity index (χ0n) is 63.2. The van der Waals surface area contributed by atoms with Gasteiger partial charge in [-0.15, -0.1) is 12.4 Å². The summed E-state index contributed by atoms with van der Waals surface area (Å²) in [6.07, 6.45) is 6.29. The van der Waals surface area contributed by atoms with Crippen molar-refractivity contribution in [3.8, 4) is 34.5 Å². The highest BCUT2D eigenvalue weighted by molar-refractivity contribution is 14.1. The zero-order chi connectivity index (χ0) is 85.8. The minimum absolute atomic E-state index is 0. The van der Waals surface area contributed by atoms with Crippen molar-refractivity contribution in [2.75, 3.05) is 42.0 Å². The van der Waals surface area contributed by atoms with E-state index >= 15 is 0 Å². The first-order valence-corrected chi connectivity index (χ1v) is 42.0. The second kappa shape index (κ2) is 46.4. The Balaban J connectivity index is 0.000000186. The number of nitrogens with one attached hydrogen (secondary N) is 2. The fraction of sp³-hybridized carbons (Fsp3) is 0.0964. The quantitative estimate of drug-likeness (QED) is 0.00930. The minimum atomic E-state index is -4.02. The van der Waals surface area contributed by atoms with Crippen LogP contribution in [0.25, 0.3) is 44.0 Å². The molecule has 0 unspecified atom stereocenters. The fourth-order valence-electron chi connectivity index (χ4n) is 10.2. The van der Waals surface area contributed by atoms with E-state index in [9.17, 15) is 34.8 Å². The van der Waals surface area contributed by atoms with Crippen molar-refractivity contribution >= 4 is 204 Å². The molecule has 120 heavy (non-hydrogen) atoms. The maximum atomic E-state index is 13.4. The first kappa shape index (κ1) is 95.0. The lowest BCUT2D eigenvalue weighted by molar-refractivity contribution is 0.110. The lowest BCUT2D eigenvalue weighted by Crippen LogP contribution is -2.27. The summed E-state index contributed by atoms with van der Waals surface area (Å²) in [6.45, 7) is 2.76. The highest BCUT2D eigenvalue weighted by Gasteiger charge is 2.17. The SMILES string of the molecule is COc1ccc(B(O)O)o1.CS(=O)(=O)CCN.Cc1ccc(S(=O)(=O)O)cc1.Cl.Clc1ncnc2ccc(I)cc12.Fc1cccc(COc2ccc(Nc3ncnc4ccc(I)cc34)cc2Cl)c1.Nc1ccc(OCc2cccc(F)c2)c(Cl)c1.O=Cc1ccc(-c2ccc3ncnc(Nc4ccc(OCc5cccc(F)c5)c(Cl)c4)c3c2)o1. The molecule has 24 nitrogen and oxygen atoms in total. The number of aldehydes is 1. The summed E-state index contributed by atoms with van der Waals surface area (Å²) < 4.78 is 124. The number of fused-ring (bicyclic) bond motifs is 3. The molecule has 0 amide bonds. The number of rotatable bonds is 20. The Morgan fingerprint density at radius 2 is 0.992 bits per heavy atom. The first-order valence-electron chi connectivity index (χ1n) is 34.9. The molecule has 37 heteroatoms. The Hall–Kier alpha value is -10.4. The van der Waals surface area contributed by atoms with E-state index in [0.29, 0.717) is 78.1 Å². The Kier molecular flexibility index (Phi) is 36.7. The lowest BCUT2D eigenvalue weighted by Gasteiger charge is -2.12. The summed E-state index contributed by atoms with van der Waals surface area (Å²) in [5, 5.41) is 28.0. The topological polar surface area (TPSA) is 363 Å². The molecule has 0 atom stereocenters. The molecule has 10 aromatic carbocycles. The summed E-state index contributed by atoms with van der Waals surface area (Å²) in [5.41, 5.74) is 19.1. The molecule has 5 heterocycles. The third kappa shape index (κ3) is 30.4. The van der Waals surface area contributed by atoms with Crippen LogP contribution in [-0.4, -0.2) is 100 Å². The van der Waals surface area contributed by atoms with Crippen molar-refractivity contribution in [1.29, 1.82) is 0 Å². The van der Waals surface area contributed by atoms with Crippen LogP contribution in [0.5, 0.6) is 23.2 Å². The third-order valence-electron chi connectivity index (χ3n) is 15.9. The molecule has 0 aliphatic heterocycles. The van der Waals surface area contributed by atoms with Crippen LogP contribution in [0.4, 0.5) is 41.9 Å². The van der Waals surface area contributed by atoms with E-state index in [4.69, 9.17) is 95.5 Å². The van der Waals surface area contributed by atoms with Crippen molar-refractivity contribution in [2.45, 2.75) is 31.6 Å². The molecule has 15 rings (SSSR count). The molecule has 0 spiro atoms. The van der Waals surface area contributed by atoms with Gasteiger partial charge in [-0.05, 0) is 245 Å². The maximum Gasteiger partial charge on any atom is 0.526 e. The van der Waals surface area contributed by atoms with Gasteiger partial charge in [0.15, 0.2) is 12.0 Å². The average molecular weight is 2000 g/mol. The standard InChI is InChI=1S/C26H17ClFN3O3.C21H14ClFIN3O.C13H11ClFNO.C8H4ClIN2.C7H8O3S.C5H7BO4.C3H9NO2S.ClH/c27-22-12-19(5-8-25(22)33-14-16-2-1-3-18(28)10-16)31-26-21-11-17(4-7-23(21)29-15-30-26)24-9-6-20(13-32)34-24;22-18-10-16(5-7-20(18)28-11-13-2-1-3-14(23)8-13)27-21-17-9-15(24)4-6-19(17)25-12-26-21;14-12-7-11(16)4-5-13(12)17-8-9-2-1-3-10(15)6-9;9-8-6-3-5(10)1-2-7(6)11-4-12-8;1-6-2-4-7(5-3-6)11(8,9)10;1-9-5-3-2-4(10-5)6(7)8;1-7(5,6)3-2-4;/h1-13,15H,14H2,(H,29,30,31);1-10,12H,11H2,(H,25,26,27);1-7H,8,16H2;1-4H;2-5H,1H3,(H,8,9,10);2-3,7-8H,1H3;2-4H2,1H3;1H. The Labute approximate surface area is 741 Å². The number of aromatic nitrogens is 6. The molecule has 9 N–H and O–H groups in total. The molecular formula is C83H71BCl5F3I2N10O14S2. The van der Waals surface area contributed by atoms with E-state index in [-0.39, 0.29) is 84.2 Å². The number of methoxy groups -OCH3 is 1. The van der Waals surface area contributed by atoms with Gasteiger partial charge in [0.2, 0.25) is 0 Å².